The maximum absolute atomic E-state index is 12.7. The molecule has 224 valence electrons. The maximum Gasteiger partial charge on any atom is 0.248 e. The number of nitrogens with zero attached hydrogens (tertiary/aromatic N) is 6. The second kappa shape index (κ2) is 13.4. The van der Waals surface area contributed by atoms with Crippen molar-refractivity contribution in [3.8, 4) is 11.4 Å². The Kier molecular flexibility index (Phi) is 9.20. The fraction of sp³-hybridized carbons (Fsp3) is 0.552. The Bertz CT molecular complexity index is 1380. The van der Waals surface area contributed by atoms with Gasteiger partial charge in [-0.2, -0.15) is 0 Å². The highest BCUT2D eigenvalue weighted by Gasteiger charge is 2.25. The van der Waals surface area contributed by atoms with Crippen molar-refractivity contribution in [2.24, 2.45) is 0 Å². The molecule has 0 bridgehead atoms. The SMILES string of the molecule is CC(=O)Nc1ccc(-c2nc(N3CCOCC3)c3sc(CN4CCN(C(=O)COC5CCCCO5)CC4)cc3n2)cn1. The van der Waals surface area contributed by atoms with E-state index in [1.165, 1.54) is 11.8 Å². The van der Waals surface area contributed by atoms with Crippen molar-refractivity contribution in [1.82, 2.24) is 24.8 Å². The van der Waals surface area contributed by atoms with E-state index in [1.807, 2.05) is 11.0 Å². The lowest BCUT2D eigenvalue weighted by Gasteiger charge is -2.34. The average molecular weight is 596 g/mol. The number of nitrogens with one attached hydrogen (secondary N) is 1. The van der Waals surface area contributed by atoms with Crippen molar-refractivity contribution < 1.29 is 23.8 Å². The van der Waals surface area contributed by atoms with Crippen LogP contribution in [0, 0.1) is 0 Å². The number of hydrogen-bond acceptors (Lipinski definition) is 11. The van der Waals surface area contributed by atoms with Crippen LogP contribution in [0.25, 0.3) is 21.6 Å². The molecule has 0 aromatic carbocycles. The molecule has 3 fully saturated rings. The predicted molar refractivity (Wildman–Crippen MR) is 159 cm³/mol. The Labute approximate surface area is 249 Å². The molecule has 1 atom stereocenters. The molecule has 3 saturated heterocycles. The summed E-state index contributed by atoms with van der Waals surface area (Å²) in [4.78, 5) is 46.1. The molecule has 2 amide bonds. The lowest BCUT2D eigenvalue weighted by atomic mass is 10.2. The molecule has 42 heavy (non-hydrogen) atoms. The molecule has 1 N–H and O–H groups in total. The number of fused-ring (bicyclic) bond motifs is 1. The van der Waals surface area contributed by atoms with E-state index in [2.05, 4.69) is 26.2 Å². The van der Waals surface area contributed by atoms with Crippen LogP contribution in [0.5, 0.6) is 0 Å². The Morgan fingerprint density at radius 1 is 1.07 bits per heavy atom. The zero-order valence-corrected chi connectivity index (χ0v) is 24.7. The first-order valence-electron chi connectivity index (χ1n) is 14.6. The first kappa shape index (κ1) is 28.9. The molecule has 0 aliphatic carbocycles. The fourth-order valence-corrected chi connectivity index (χ4v) is 6.57. The molecule has 3 aliphatic heterocycles. The van der Waals surface area contributed by atoms with Gasteiger partial charge in [-0.05, 0) is 37.5 Å². The largest absolute Gasteiger partial charge is 0.378 e. The first-order valence-corrected chi connectivity index (χ1v) is 15.4. The number of rotatable bonds is 8. The summed E-state index contributed by atoms with van der Waals surface area (Å²) in [7, 11) is 0. The molecule has 0 spiro atoms. The summed E-state index contributed by atoms with van der Waals surface area (Å²) in [5, 5.41) is 2.70. The number of thiophene rings is 1. The summed E-state index contributed by atoms with van der Waals surface area (Å²) < 4.78 is 18.0. The van der Waals surface area contributed by atoms with Gasteiger partial charge >= 0.3 is 0 Å². The molecule has 0 radical (unpaired) electrons. The predicted octanol–water partition coefficient (Wildman–Crippen LogP) is 2.74. The zero-order chi connectivity index (χ0) is 28.9. The standard InChI is InChI=1S/C29H37N7O5S/c1-20(37)31-24-6-5-21(17-30-24)28-32-23-16-22(42-27(23)29(33-28)36-11-14-39-15-12-36)18-34-7-9-35(10-8-34)25(38)19-41-26-4-2-3-13-40-26/h5-6,16-17,26H,2-4,7-15,18-19H2,1H3,(H,30,31,37). The monoisotopic (exact) mass is 595 g/mol. The number of piperazine rings is 1. The summed E-state index contributed by atoms with van der Waals surface area (Å²) in [5.41, 5.74) is 1.69. The Morgan fingerprint density at radius 3 is 2.62 bits per heavy atom. The molecule has 12 nitrogen and oxygen atoms in total. The van der Waals surface area contributed by atoms with Crippen LogP contribution in [-0.4, -0.2) is 109 Å². The van der Waals surface area contributed by atoms with Crippen LogP contribution in [0.15, 0.2) is 24.4 Å². The van der Waals surface area contributed by atoms with E-state index in [1.54, 1.807) is 23.6 Å². The Morgan fingerprint density at radius 2 is 1.90 bits per heavy atom. The van der Waals surface area contributed by atoms with E-state index < -0.39 is 0 Å². The topological polar surface area (TPSA) is 122 Å². The van der Waals surface area contributed by atoms with Crippen LogP contribution in [-0.2, 0) is 30.3 Å². The number of amides is 2. The third-order valence-electron chi connectivity index (χ3n) is 7.68. The van der Waals surface area contributed by atoms with Crippen LogP contribution < -0.4 is 10.2 Å². The zero-order valence-electron chi connectivity index (χ0n) is 23.9. The van der Waals surface area contributed by atoms with Crippen molar-refractivity contribution in [2.75, 3.05) is 75.9 Å². The quantitative estimate of drug-likeness (QED) is 0.416. The van der Waals surface area contributed by atoms with Gasteiger partial charge in [0.15, 0.2) is 17.9 Å². The van der Waals surface area contributed by atoms with Crippen molar-refractivity contribution >= 4 is 45.0 Å². The molecular weight excluding hydrogens is 558 g/mol. The van der Waals surface area contributed by atoms with Gasteiger partial charge in [0.05, 0.1) is 23.4 Å². The minimum atomic E-state index is -0.248. The van der Waals surface area contributed by atoms with Crippen molar-refractivity contribution in [1.29, 1.82) is 0 Å². The van der Waals surface area contributed by atoms with Gasteiger partial charge in [-0.25, -0.2) is 15.0 Å². The third kappa shape index (κ3) is 7.04. The number of carbonyl (C=O) groups excluding carboxylic acids is 2. The molecule has 13 heteroatoms. The van der Waals surface area contributed by atoms with Gasteiger partial charge in [0.2, 0.25) is 11.8 Å². The van der Waals surface area contributed by atoms with E-state index >= 15 is 0 Å². The highest BCUT2D eigenvalue weighted by molar-refractivity contribution is 7.19. The summed E-state index contributed by atoms with van der Waals surface area (Å²) in [6, 6.07) is 5.80. The second-order valence-electron chi connectivity index (χ2n) is 10.8. The fourth-order valence-electron chi connectivity index (χ4n) is 5.42. The Hall–Kier alpha value is -3.23. The lowest BCUT2D eigenvalue weighted by Crippen LogP contribution is -2.49. The van der Waals surface area contributed by atoms with Gasteiger partial charge < -0.3 is 29.3 Å². The summed E-state index contributed by atoms with van der Waals surface area (Å²) in [5.74, 6) is 1.87. The molecule has 3 aromatic heterocycles. The first-order chi connectivity index (χ1) is 20.5. The van der Waals surface area contributed by atoms with Crippen LogP contribution in [0.1, 0.15) is 31.1 Å². The molecular formula is C29H37N7O5S. The molecule has 1 unspecified atom stereocenters. The maximum atomic E-state index is 12.7. The van der Waals surface area contributed by atoms with Crippen LogP contribution in [0.2, 0.25) is 0 Å². The summed E-state index contributed by atoms with van der Waals surface area (Å²) in [6.07, 6.45) is 4.45. The normalized spacial score (nSPS) is 20.2. The van der Waals surface area contributed by atoms with Crippen molar-refractivity contribution in [2.45, 2.75) is 39.0 Å². The summed E-state index contributed by atoms with van der Waals surface area (Å²) >= 11 is 1.73. The molecule has 3 aromatic rings. The van der Waals surface area contributed by atoms with E-state index in [4.69, 9.17) is 24.2 Å². The number of anilines is 2. The molecule has 3 aliphatic rings. The average Bonchev–Trinajstić information content (AvgIpc) is 3.43. The van der Waals surface area contributed by atoms with Crippen LogP contribution >= 0.6 is 11.3 Å². The van der Waals surface area contributed by atoms with Crippen molar-refractivity contribution in [3.05, 3.63) is 29.3 Å². The summed E-state index contributed by atoms with van der Waals surface area (Å²) in [6.45, 7) is 8.87. The van der Waals surface area contributed by atoms with Gasteiger partial charge in [0.1, 0.15) is 12.4 Å². The lowest BCUT2D eigenvalue weighted by molar-refractivity contribution is -0.175. The van der Waals surface area contributed by atoms with Gasteiger partial charge in [0, 0.05) is 76.0 Å². The number of hydrogen-bond donors (Lipinski definition) is 1. The molecule has 6 rings (SSSR count). The van der Waals surface area contributed by atoms with Gasteiger partial charge in [-0.1, -0.05) is 0 Å². The van der Waals surface area contributed by atoms with E-state index in [-0.39, 0.29) is 24.7 Å². The van der Waals surface area contributed by atoms with Gasteiger partial charge in [-0.15, -0.1) is 11.3 Å². The number of carbonyl (C=O) groups is 2. The highest BCUT2D eigenvalue weighted by atomic mass is 32.1. The minimum Gasteiger partial charge on any atom is -0.378 e. The van der Waals surface area contributed by atoms with Gasteiger partial charge in [-0.3, -0.25) is 14.5 Å². The van der Waals surface area contributed by atoms with E-state index in [0.29, 0.717) is 44.6 Å². The van der Waals surface area contributed by atoms with Gasteiger partial charge in [0.25, 0.3) is 0 Å². The number of aromatic nitrogens is 3. The van der Waals surface area contributed by atoms with Crippen molar-refractivity contribution in [3.63, 3.8) is 0 Å². The second-order valence-corrected chi connectivity index (χ2v) is 11.9. The van der Waals surface area contributed by atoms with Crippen LogP contribution in [0.3, 0.4) is 0 Å². The highest BCUT2D eigenvalue weighted by Crippen LogP contribution is 2.35. The number of ether oxygens (including phenoxy) is 3. The molecule has 6 heterocycles. The van der Waals surface area contributed by atoms with E-state index in [0.717, 1.165) is 73.6 Å². The minimum absolute atomic E-state index is 0.0308. The number of morpholine rings is 1. The van der Waals surface area contributed by atoms with Crippen LogP contribution in [0.4, 0.5) is 11.6 Å². The third-order valence-corrected chi connectivity index (χ3v) is 8.78. The van der Waals surface area contributed by atoms with E-state index in [9.17, 15) is 9.59 Å². The number of pyridine rings is 1. The smallest absolute Gasteiger partial charge is 0.248 e. The molecule has 0 saturated carbocycles. The Balaban J connectivity index is 1.14.